The number of nitrogens with one attached hydrogen (secondary N) is 1. The Kier molecular flexibility index (Phi) is 5.78. The van der Waals surface area contributed by atoms with Gasteiger partial charge in [0.15, 0.2) is 6.10 Å². The van der Waals surface area contributed by atoms with Crippen molar-refractivity contribution >= 4 is 17.5 Å². The van der Waals surface area contributed by atoms with Gasteiger partial charge in [0, 0.05) is 6.54 Å². The van der Waals surface area contributed by atoms with Gasteiger partial charge in [-0.25, -0.2) is 4.39 Å². The van der Waals surface area contributed by atoms with E-state index in [2.05, 4.69) is 5.32 Å². The standard InChI is InChI=1S/C17H17ClFNO2/c1-2-15(22-16-6-4-3-5-14(16)18)17(21)20-11-12-7-9-13(19)10-8-12/h3-10,15H,2,11H2,1H3,(H,20,21)/t15-/m0/s1. The number of carbonyl (C=O) groups is 1. The van der Waals surface area contributed by atoms with E-state index in [1.54, 1.807) is 36.4 Å². The number of hydrogen-bond donors (Lipinski definition) is 1. The highest BCUT2D eigenvalue weighted by Gasteiger charge is 2.19. The molecule has 2 rings (SSSR count). The molecule has 22 heavy (non-hydrogen) atoms. The molecule has 2 aromatic rings. The van der Waals surface area contributed by atoms with Crippen LogP contribution in [-0.4, -0.2) is 12.0 Å². The summed E-state index contributed by atoms with van der Waals surface area (Å²) in [6.07, 6.45) is -0.110. The molecule has 0 aliphatic carbocycles. The lowest BCUT2D eigenvalue weighted by atomic mass is 10.2. The largest absolute Gasteiger partial charge is 0.479 e. The zero-order valence-electron chi connectivity index (χ0n) is 12.2. The fourth-order valence-electron chi connectivity index (χ4n) is 1.92. The summed E-state index contributed by atoms with van der Waals surface area (Å²) in [5, 5.41) is 3.24. The van der Waals surface area contributed by atoms with Crippen LogP contribution in [0.3, 0.4) is 0 Å². The van der Waals surface area contributed by atoms with E-state index in [0.29, 0.717) is 23.7 Å². The maximum Gasteiger partial charge on any atom is 0.261 e. The minimum absolute atomic E-state index is 0.230. The van der Waals surface area contributed by atoms with Gasteiger partial charge in [0.05, 0.1) is 5.02 Å². The highest BCUT2D eigenvalue weighted by atomic mass is 35.5. The Morgan fingerprint density at radius 3 is 2.55 bits per heavy atom. The number of ether oxygens (including phenoxy) is 1. The van der Waals surface area contributed by atoms with Gasteiger partial charge in [-0.15, -0.1) is 0 Å². The number of para-hydroxylation sites is 1. The summed E-state index contributed by atoms with van der Waals surface area (Å²) in [5.41, 5.74) is 0.822. The van der Waals surface area contributed by atoms with E-state index < -0.39 is 6.10 Å². The molecule has 1 amide bonds. The summed E-state index contributed by atoms with van der Waals surface area (Å²) in [4.78, 5) is 12.2. The summed E-state index contributed by atoms with van der Waals surface area (Å²) in [6, 6.07) is 13.0. The minimum Gasteiger partial charge on any atom is -0.479 e. The predicted octanol–water partition coefficient (Wildman–Crippen LogP) is 3.95. The van der Waals surface area contributed by atoms with E-state index in [1.165, 1.54) is 12.1 Å². The number of rotatable bonds is 6. The Morgan fingerprint density at radius 1 is 1.23 bits per heavy atom. The van der Waals surface area contributed by atoms with E-state index in [-0.39, 0.29) is 11.7 Å². The molecule has 2 aromatic carbocycles. The quantitative estimate of drug-likeness (QED) is 0.874. The summed E-state index contributed by atoms with van der Waals surface area (Å²) >= 11 is 6.03. The van der Waals surface area contributed by atoms with Crippen molar-refractivity contribution in [2.24, 2.45) is 0 Å². The van der Waals surface area contributed by atoms with E-state index in [4.69, 9.17) is 16.3 Å². The van der Waals surface area contributed by atoms with Crippen LogP contribution in [0.25, 0.3) is 0 Å². The molecule has 0 radical (unpaired) electrons. The van der Waals surface area contributed by atoms with Crippen LogP contribution >= 0.6 is 11.6 Å². The lowest BCUT2D eigenvalue weighted by Crippen LogP contribution is -2.37. The van der Waals surface area contributed by atoms with Crippen molar-refractivity contribution < 1.29 is 13.9 Å². The first-order valence-electron chi connectivity index (χ1n) is 7.03. The molecule has 0 fully saturated rings. The van der Waals surface area contributed by atoms with Crippen LogP contribution in [0.15, 0.2) is 48.5 Å². The third kappa shape index (κ3) is 4.46. The molecule has 0 bridgehead atoms. The smallest absolute Gasteiger partial charge is 0.261 e. The van der Waals surface area contributed by atoms with Crippen molar-refractivity contribution in [2.45, 2.75) is 26.0 Å². The first kappa shape index (κ1) is 16.3. The van der Waals surface area contributed by atoms with Crippen LogP contribution in [0.1, 0.15) is 18.9 Å². The fraction of sp³-hybridized carbons (Fsp3) is 0.235. The maximum atomic E-state index is 12.8. The first-order valence-corrected chi connectivity index (χ1v) is 7.41. The molecule has 0 aromatic heterocycles. The normalized spacial score (nSPS) is 11.8. The van der Waals surface area contributed by atoms with Crippen molar-refractivity contribution in [3.05, 3.63) is 64.9 Å². The number of halogens is 2. The minimum atomic E-state index is -0.625. The summed E-state index contributed by atoms with van der Waals surface area (Å²) < 4.78 is 18.5. The van der Waals surface area contributed by atoms with Crippen LogP contribution in [0, 0.1) is 5.82 Å². The van der Waals surface area contributed by atoms with Gasteiger partial charge in [-0.3, -0.25) is 4.79 Å². The van der Waals surface area contributed by atoms with E-state index >= 15 is 0 Å². The molecule has 116 valence electrons. The van der Waals surface area contributed by atoms with Crippen LogP contribution in [0.2, 0.25) is 5.02 Å². The van der Waals surface area contributed by atoms with Crippen molar-refractivity contribution in [2.75, 3.05) is 0 Å². The van der Waals surface area contributed by atoms with Crippen LogP contribution in [-0.2, 0) is 11.3 Å². The Morgan fingerprint density at radius 2 is 1.91 bits per heavy atom. The fourth-order valence-corrected chi connectivity index (χ4v) is 2.10. The van der Waals surface area contributed by atoms with Crippen LogP contribution in [0.5, 0.6) is 5.75 Å². The van der Waals surface area contributed by atoms with E-state index in [0.717, 1.165) is 5.56 Å². The van der Waals surface area contributed by atoms with Crippen LogP contribution in [0.4, 0.5) is 4.39 Å². The molecular formula is C17H17ClFNO2. The molecule has 0 saturated heterocycles. The third-order valence-electron chi connectivity index (χ3n) is 3.15. The summed E-state index contributed by atoms with van der Waals surface area (Å²) in [7, 11) is 0. The first-order chi connectivity index (χ1) is 10.6. The Balaban J connectivity index is 1.94. The predicted molar refractivity (Wildman–Crippen MR) is 84.4 cm³/mol. The molecule has 5 heteroatoms. The van der Waals surface area contributed by atoms with Gasteiger partial charge >= 0.3 is 0 Å². The van der Waals surface area contributed by atoms with Gasteiger partial charge in [0.25, 0.3) is 5.91 Å². The second-order valence-corrected chi connectivity index (χ2v) is 5.20. The number of amides is 1. The topological polar surface area (TPSA) is 38.3 Å². The van der Waals surface area contributed by atoms with Gasteiger partial charge in [0.1, 0.15) is 11.6 Å². The zero-order chi connectivity index (χ0) is 15.9. The van der Waals surface area contributed by atoms with Crippen LogP contribution < -0.4 is 10.1 Å². The molecule has 1 atom stereocenters. The Labute approximate surface area is 134 Å². The molecule has 0 unspecified atom stereocenters. The highest BCUT2D eigenvalue weighted by molar-refractivity contribution is 6.32. The van der Waals surface area contributed by atoms with Crippen molar-refractivity contribution in [1.29, 1.82) is 0 Å². The molecule has 1 N–H and O–H groups in total. The van der Waals surface area contributed by atoms with Crippen molar-refractivity contribution in [1.82, 2.24) is 5.32 Å². The average Bonchev–Trinajstić information content (AvgIpc) is 2.53. The molecule has 3 nitrogen and oxygen atoms in total. The zero-order valence-corrected chi connectivity index (χ0v) is 12.9. The Hall–Kier alpha value is -2.07. The molecule has 0 heterocycles. The second kappa shape index (κ2) is 7.80. The van der Waals surface area contributed by atoms with Gasteiger partial charge in [0.2, 0.25) is 0 Å². The summed E-state index contributed by atoms with van der Waals surface area (Å²) in [6.45, 7) is 2.18. The second-order valence-electron chi connectivity index (χ2n) is 4.79. The SMILES string of the molecule is CC[C@H](Oc1ccccc1Cl)C(=O)NCc1ccc(F)cc1. The average molecular weight is 322 g/mol. The van der Waals surface area contributed by atoms with Gasteiger partial charge in [-0.2, -0.15) is 0 Å². The Bertz CT molecular complexity index is 631. The molecule has 0 spiro atoms. The summed E-state index contributed by atoms with van der Waals surface area (Å²) in [5.74, 6) is -0.0525. The lowest BCUT2D eigenvalue weighted by molar-refractivity contribution is -0.128. The molecule has 0 saturated carbocycles. The maximum absolute atomic E-state index is 12.8. The van der Waals surface area contributed by atoms with Gasteiger partial charge in [-0.1, -0.05) is 42.8 Å². The highest BCUT2D eigenvalue weighted by Crippen LogP contribution is 2.24. The van der Waals surface area contributed by atoms with Crippen molar-refractivity contribution in [3.63, 3.8) is 0 Å². The van der Waals surface area contributed by atoms with Crippen molar-refractivity contribution in [3.8, 4) is 5.75 Å². The monoisotopic (exact) mass is 321 g/mol. The van der Waals surface area contributed by atoms with Gasteiger partial charge in [-0.05, 0) is 36.2 Å². The number of carbonyl (C=O) groups excluding carboxylic acids is 1. The van der Waals surface area contributed by atoms with E-state index in [1.807, 2.05) is 6.92 Å². The van der Waals surface area contributed by atoms with Gasteiger partial charge < -0.3 is 10.1 Å². The molecule has 0 aliphatic rings. The lowest BCUT2D eigenvalue weighted by Gasteiger charge is -2.18. The number of benzene rings is 2. The third-order valence-corrected chi connectivity index (χ3v) is 3.46. The number of hydrogen-bond acceptors (Lipinski definition) is 2. The molecular weight excluding hydrogens is 305 g/mol. The molecule has 0 aliphatic heterocycles. The van der Waals surface area contributed by atoms with E-state index in [9.17, 15) is 9.18 Å².